The van der Waals surface area contributed by atoms with Crippen LogP contribution in [0.25, 0.3) is 5.76 Å². The van der Waals surface area contributed by atoms with Gasteiger partial charge in [0, 0.05) is 23.9 Å². The topological polar surface area (TPSA) is 49.7 Å². The first-order valence-electron chi connectivity index (χ1n) is 6.83. The summed E-state index contributed by atoms with van der Waals surface area (Å²) in [6, 6.07) is 7.10. The van der Waals surface area contributed by atoms with Crippen LogP contribution in [0.3, 0.4) is 0 Å². The fraction of sp³-hybridized carbons (Fsp3) is 0.375. The zero-order valence-electron chi connectivity index (χ0n) is 11.2. The van der Waals surface area contributed by atoms with Gasteiger partial charge in [0.15, 0.2) is 5.78 Å². The minimum absolute atomic E-state index is 0.0536. The van der Waals surface area contributed by atoms with E-state index in [0.29, 0.717) is 23.2 Å². The number of unbranched alkanes of at least 4 members (excludes halogenated alkanes) is 3. The second-order valence-corrected chi connectivity index (χ2v) is 4.73. The third-order valence-electron chi connectivity index (χ3n) is 3.29. The Morgan fingerprint density at radius 3 is 2.58 bits per heavy atom. The molecule has 0 spiro atoms. The SMILES string of the molecule is CCCCCCN=CC1=C(O)c2ccccc2C1=O. The van der Waals surface area contributed by atoms with Gasteiger partial charge in [-0.1, -0.05) is 50.5 Å². The predicted molar refractivity (Wildman–Crippen MR) is 77.8 cm³/mol. The third-order valence-corrected chi connectivity index (χ3v) is 3.29. The van der Waals surface area contributed by atoms with Crippen molar-refractivity contribution in [1.82, 2.24) is 0 Å². The molecule has 100 valence electrons. The average Bonchev–Trinajstić information content (AvgIpc) is 2.68. The van der Waals surface area contributed by atoms with Crippen molar-refractivity contribution in [1.29, 1.82) is 0 Å². The number of carbonyl (C=O) groups excluding carboxylic acids is 1. The fourth-order valence-electron chi connectivity index (χ4n) is 2.19. The standard InChI is InChI=1S/C16H19NO2/c1-2-3-4-7-10-17-11-14-15(18)12-8-5-6-9-13(12)16(14)19/h5-6,8-9,11,18H,2-4,7,10H2,1H3. The number of aliphatic hydroxyl groups is 1. The van der Waals surface area contributed by atoms with Crippen LogP contribution in [0.5, 0.6) is 0 Å². The van der Waals surface area contributed by atoms with Crippen LogP contribution in [0, 0.1) is 0 Å². The molecule has 0 amide bonds. The van der Waals surface area contributed by atoms with E-state index < -0.39 is 0 Å². The van der Waals surface area contributed by atoms with E-state index in [9.17, 15) is 9.90 Å². The molecular formula is C16H19NO2. The summed E-state index contributed by atoms with van der Waals surface area (Å²) < 4.78 is 0. The van der Waals surface area contributed by atoms with Crippen molar-refractivity contribution in [2.45, 2.75) is 32.6 Å². The van der Waals surface area contributed by atoms with Gasteiger partial charge in [-0.3, -0.25) is 9.79 Å². The molecule has 0 fully saturated rings. The highest BCUT2D eigenvalue weighted by Gasteiger charge is 2.27. The van der Waals surface area contributed by atoms with Gasteiger partial charge in [0.05, 0.1) is 5.57 Å². The summed E-state index contributed by atoms with van der Waals surface area (Å²) in [7, 11) is 0. The van der Waals surface area contributed by atoms with E-state index in [4.69, 9.17) is 0 Å². The molecule has 1 N–H and O–H groups in total. The minimum atomic E-state index is -0.134. The van der Waals surface area contributed by atoms with Crippen LogP contribution < -0.4 is 0 Å². The molecule has 3 heteroatoms. The highest BCUT2D eigenvalue weighted by atomic mass is 16.3. The number of fused-ring (bicyclic) bond motifs is 1. The maximum atomic E-state index is 12.1. The van der Waals surface area contributed by atoms with Crippen LogP contribution >= 0.6 is 0 Å². The van der Waals surface area contributed by atoms with Crippen LogP contribution in [0.15, 0.2) is 34.8 Å². The Morgan fingerprint density at radius 1 is 1.16 bits per heavy atom. The number of ketones is 1. The molecule has 0 unspecified atom stereocenters. The average molecular weight is 257 g/mol. The molecule has 0 saturated heterocycles. The van der Waals surface area contributed by atoms with E-state index in [-0.39, 0.29) is 11.5 Å². The Hall–Kier alpha value is -1.90. The number of rotatable bonds is 6. The molecule has 1 aliphatic carbocycles. The highest BCUT2D eigenvalue weighted by Crippen LogP contribution is 2.29. The van der Waals surface area contributed by atoms with Gasteiger partial charge in [-0.15, -0.1) is 0 Å². The number of allylic oxidation sites excluding steroid dienone is 1. The van der Waals surface area contributed by atoms with Gasteiger partial charge in [-0.05, 0) is 6.42 Å². The summed E-state index contributed by atoms with van der Waals surface area (Å²) in [6.45, 7) is 2.88. The highest BCUT2D eigenvalue weighted by molar-refractivity contribution is 6.30. The van der Waals surface area contributed by atoms with Gasteiger partial charge < -0.3 is 5.11 Å². The zero-order valence-corrected chi connectivity index (χ0v) is 11.2. The number of aliphatic imine (C=N–C) groups is 1. The molecule has 19 heavy (non-hydrogen) atoms. The number of hydrogen-bond donors (Lipinski definition) is 1. The largest absolute Gasteiger partial charge is 0.506 e. The summed E-state index contributed by atoms with van der Waals surface area (Å²) in [4.78, 5) is 16.3. The van der Waals surface area contributed by atoms with E-state index >= 15 is 0 Å². The van der Waals surface area contributed by atoms with Crippen LogP contribution in [0.2, 0.25) is 0 Å². The normalized spacial score (nSPS) is 14.5. The molecule has 0 aromatic heterocycles. The maximum Gasteiger partial charge on any atom is 0.199 e. The lowest BCUT2D eigenvalue weighted by molar-refractivity contribution is 0.104. The Bertz CT molecular complexity index is 529. The van der Waals surface area contributed by atoms with Crippen molar-refractivity contribution in [3.8, 4) is 0 Å². The van der Waals surface area contributed by atoms with Crippen molar-refractivity contribution >= 4 is 17.8 Å². The monoisotopic (exact) mass is 257 g/mol. The summed E-state index contributed by atoms with van der Waals surface area (Å²) in [6.07, 6.45) is 6.12. The first-order chi connectivity index (χ1) is 9.25. The van der Waals surface area contributed by atoms with E-state index in [1.807, 2.05) is 6.07 Å². The van der Waals surface area contributed by atoms with Gasteiger partial charge in [0.1, 0.15) is 5.76 Å². The molecule has 0 heterocycles. The summed E-state index contributed by atoms with van der Waals surface area (Å²) in [5, 5.41) is 10.0. The summed E-state index contributed by atoms with van der Waals surface area (Å²) >= 11 is 0. The Balaban J connectivity index is 2.00. The number of aliphatic hydroxyl groups excluding tert-OH is 1. The Kier molecular flexibility index (Phi) is 4.50. The molecule has 2 rings (SSSR count). The summed E-state index contributed by atoms with van der Waals surface area (Å²) in [5.41, 5.74) is 1.49. The molecule has 0 aliphatic heterocycles. The van der Waals surface area contributed by atoms with E-state index in [1.54, 1.807) is 18.2 Å². The Morgan fingerprint density at radius 2 is 1.89 bits per heavy atom. The quantitative estimate of drug-likeness (QED) is 0.622. The second kappa shape index (κ2) is 6.32. The van der Waals surface area contributed by atoms with Crippen molar-refractivity contribution in [2.75, 3.05) is 6.54 Å². The molecule has 0 atom stereocenters. The lowest BCUT2D eigenvalue weighted by atomic mass is 10.1. The minimum Gasteiger partial charge on any atom is -0.506 e. The van der Waals surface area contributed by atoms with E-state index in [0.717, 1.165) is 12.8 Å². The van der Waals surface area contributed by atoms with Crippen molar-refractivity contribution < 1.29 is 9.90 Å². The summed E-state index contributed by atoms with van der Waals surface area (Å²) in [5.74, 6) is -0.0803. The van der Waals surface area contributed by atoms with Crippen LogP contribution in [0.4, 0.5) is 0 Å². The van der Waals surface area contributed by atoms with Crippen LogP contribution in [-0.4, -0.2) is 23.6 Å². The lowest BCUT2D eigenvalue weighted by Crippen LogP contribution is -2.00. The maximum absolute atomic E-state index is 12.1. The predicted octanol–water partition coefficient (Wildman–Crippen LogP) is 3.80. The number of benzene rings is 1. The number of Topliss-reactive ketones (excluding diaryl/α,β-unsaturated/α-hetero) is 1. The zero-order chi connectivity index (χ0) is 13.7. The number of carbonyl (C=O) groups is 1. The molecule has 0 saturated carbocycles. The second-order valence-electron chi connectivity index (χ2n) is 4.73. The smallest absolute Gasteiger partial charge is 0.199 e. The van der Waals surface area contributed by atoms with E-state index in [2.05, 4.69) is 11.9 Å². The molecular weight excluding hydrogens is 238 g/mol. The van der Waals surface area contributed by atoms with Gasteiger partial charge in [0.25, 0.3) is 0 Å². The van der Waals surface area contributed by atoms with Crippen molar-refractivity contribution in [3.63, 3.8) is 0 Å². The molecule has 3 nitrogen and oxygen atoms in total. The molecule has 1 aromatic carbocycles. The molecule has 1 aromatic rings. The lowest BCUT2D eigenvalue weighted by Gasteiger charge is -1.96. The van der Waals surface area contributed by atoms with Crippen LogP contribution in [-0.2, 0) is 0 Å². The number of hydrogen-bond acceptors (Lipinski definition) is 3. The molecule has 1 aliphatic rings. The third kappa shape index (κ3) is 2.92. The van der Waals surface area contributed by atoms with Gasteiger partial charge in [0.2, 0.25) is 0 Å². The first kappa shape index (κ1) is 13.5. The number of nitrogens with zero attached hydrogens (tertiary/aromatic N) is 1. The van der Waals surface area contributed by atoms with E-state index in [1.165, 1.54) is 19.1 Å². The fourth-order valence-corrected chi connectivity index (χ4v) is 2.19. The molecule has 0 radical (unpaired) electrons. The van der Waals surface area contributed by atoms with Gasteiger partial charge in [-0.25, -0.2) is 0 Å². The molecule has 0 bridgehead atoms. The van der Waals surface area contributed by atoms with Gasteiger partial charge >= 0.3 is 0 Å². The Labute approximate surface area is 113 Å². The van der Waals surface area contributed by atoms with Crippen molar-refractivity contribution in [2.24, 2.45) is 4.99 Å². The van der Waals surface area contributed by atoms with Crippen LogP contribution in [0.1, 0.15) is 48.5 Å². The van der Waals surface area contributed by atoms with Crippen molar-refractivity contribution in [3.05, 3.63) is 41.0 Å². The first-order valence-corrected chi connectivity index (χ1v) is 6.83. The van der Waals surface area contributed by atoms with Gasteiger partial charge in [-0.2, -0.15) is 0 Å².